The summed E-state index contributed by atoms with van der Waals surface area (Å²) < 4.78 is 13.7. The van der Waals surface area contributed by atoms with Crippen molar-refractivity contribution in [3.05, 3.63) is 63.9 Å². The van der Waals surface area contributed by atoms with E-state index in [1.165, 1.54) is 6.07 Å². The van der Waals surface area contributed by atoms with Crippen LogP contribution in [0.2, 0.25) is 0 Å². The highest BCUT2D eigenvalue weighted by atomic mass is 79.9. The zero-order valence-electron chi connectivity index (χ0n) is 11.6. The van der Waals surface area contributed by atoms with Crippen molar-refractivity contribution in [3.8, 4) is 0 Å². The minimum atomic E-state index is -0.436. The van der Waals surface area contributed by atoms with E-state index >= 15 is 0 Å². The van der Waals surface area contributed by atoms with Crippen molar-refractivity contribution in [3.63, 3.8) is 0 Å². The van der Waals surface area contributed by atoms with Crippen LogP contribution in [0.3, 0.4) is 0 Å². The maximum atomic E-state index is 13.4. The van der Waals surface area contributed by atoms with Crippen LogP contribution in [-0.4, -0.2) is 12.5 Å². The molecule has 0 aliphatic carbocycles. The first-order chi connectivity index (χ1) is 10.0. The first-order valence-corrected chi connectivity index (χ1v) is 7.33. The van der Waals surface area contributed by atoms with Crippen LogP contribution >= 0.6 is 15.9 Å². The number of anilines is 1. The van der Waals surface area contributed by atoms with Crippen molar-refractivity contribution in [2.24, 2.45) is 5.73 Å². The van der Waals surface area contributed by atoms with Crippen molar-refractivity contribution in [2.75, 3.05) is 11.9 Å². The molecule has 1 atom stereocenters. The number of aryl methyl sites for hydroxylation is 1. The summed E-state index contributed by atoms with van der Waals surface area (Å²) in [5.74, 6) is -0.997. The lowest BCUT2D eigenvalue weighted by Crippen LogP contribution is -2.27. The van der Waals surface area contributed by atoms with Crippen molar-refractivity contribution in [1.29, 1.82) is 0 Å². The smallest absolute Gasteiger partial charge is 0.233 e. The Hall–Kier alpha value is -1.72. The Balaban J connectivity index is 2.23. The second-order valence-electron chi connectivity index (χ2n) is 4.77. The topological polar surface area (TPSA) is 55.1 Å². The van der Waals surface area contributed by atoms with Gasteiger partial charge in [-0.15, -0.1) is 0 Å². The highest BCUT2D eigenvalue weighted by Gasteiger charge is 2.19. The first-order valence-electron chi connectivity index (χ1n) is 6.54. The molecule has 21 heavy (non-hydrogen) atoms. The molecule has 3 N–H and O–H groups in total. The number of halogens is 2. The number of carbonyl (C=O) groups excluding carboxylic acids is 1. The molecule has 0 bridgehead atoms. The number of amides is 1. The van der Waals surface area contributed by atoms with Gasteiger partial charge in [0.1, 0.15) is 5.82 Å². The summed E-state index contributed by atoms with van der Waals surface area (Å²) in [4.78, 5) is 12.4. The minimum Gasteiger partial charge on any atom is -0.329 e. The number of nitrogens with two attached hydrogens (primary N) is 1. The number of hydrogen-bond acceptors (Lipinski definition) is 2. The maximum Gasteiger partial charge on any atom is 0.233 e. The molecule has 0 saturated carbocycles. The quantitative estimate of drug-likeness (QED) is 0.885. The average Bonchev–Trinajstić information content (AvgIpc) is 2.46. The van der Waals surface area contributed by atoms with Gasteiger partial charge in [0, 0.05) is 12.2 Å². The molecule has 5 heteroatoms. The average molecular weight is 351 g/mol. The fraction of sp³-hybridized carbons (Fsp3) is 0.188. The Labute approximate surface area is 131 Å². The summed E-state index contributed by atoms with van der Waals surface area (Å²) in [7, 11) is 0. The van der Waals surface area contributed by atoms with Crippen LogP contribution < -0.4 is 11.1 Å². The van der Waals surface area contributed by atoms with Gasteiger partial charge < -0.3 is 11.1 Å². The van der Waals surface area contributed by atoms with Crippen molar-refractivity contribution >= 4 is 27.5 Å². The summed E-state index contributed by atoms with van der Waals surface area (Å²) >= 11 is 3.12. The van der Waals surface area contributed by atoms with Crippen LogP contribution in [0.25, 0.3) is 0 Å². The molecule has 0 aliphatic heterocycles. The monoisotopic (exact) mass is 350 g/mol. The molecule has 0 aliphatic rings. The van der Waals surface area contributed by atoms with Gasteiger partial charge in [-0.2, -0.15) is 0 Å². The lowest BCUT2D eigenvalue weighted by molar-refractivity contribution is -0.117. The zero-order valence-corrected chi connectivity index (χ0v) is 13.2. The Morgan fingerprint density at radius 2 is 2.00 bits per heavy atom. The molecule has 0 spiro atoms. The van der Waals surface area contributed by atoms with Crippen LogP contribution in [0.4, 0.5) is 10.1 Å². The number of hydrogen-bond donors (Lipinski definition) is 2. The van der Waals surface area contributed by atoms with E-state index in [0.29, 0.717) is 15.7 Å². The minimum absolute atomic E-state index is 0.203. The third-order valence-corrected chi connectivity index (χ3v) is 3.89. The van der Waals surface area contributed by atoms with Gasteiger partial charge in [0.05, 0.1) is 10.4 Å². The number of carbonyl (C=O) groups is 1. The van der Waals surface area contributed by atoms with Gasteiger partial charge in [0.25, 0.3) is 0 Å². The normalized spacial score (nSPS) is 12.0. The third kappa shape index (κ3) is 3.68. The fourth-order valence-corrected chi connectivity index (χ4v) is 2.42. The number of rotatable bonds is 4. The molecule has 0 heterocycles. The standard InChI is InChI=1S/C16H16BrFN2O/c1-10-7-14(18)13(17)8-15(10)20-16(21)12(9-19)11-5-3-2-4-6-11/h2-8,12H,9,19H2,1H3,(H,20,21). The number of benzene rings is 2. The van der Waals surface area contributed by atoms with Gasteiger partial charge in [-0.1, -0.05) is 30.3 Å². The Bertz CT molecular complexity index is 646. The maximum absolute atomic E-state index is 13.4. The van der Waals surface area contributed by atoms with Crippen LogP contribution in [-0.2, 0) is 4.79 Å². The van der Waals surface area contributed by atoms with Gasteiger partial charge in [0.15, 0.2) is 0 Å². The van der Waals surface area contributed by atoms with Crippen LogP contribution in [0.15, 0.2) is 46.9 Å². The van der Waals surface area contributed by atoms with E-state index in [9.17, 15) is 9.18 Å². The molecule has 2 aromatic rings. The van der Waals surface area contributed by atoms with Crippen LogP contribution in [0.1, 0.15) is 17.0 Å². The molecular formula is C16H16BrFN2O. The summed E-state index contributed by atoms with van der Waals surface area (Å²) in [6, 6.07) is 12.3. The van der Waals surface area contributed by atoms with E-state index in [4.69, 9.17) is 5.73 Å². The van der Waals surface area contributed by atoms with E-state index < -0.39 is 5.92 Å². The molecule has 0 aromatic heterocycles. The van der Waals surface area contributed by atoms with E-state index in [2.05, 4.69) is 21.2 Å². The third-order valence-electron chi connectivity index (χ3n) is 3.28. The summed E-state index contributed by atoms with van der Waals surface area (Å²) in [5, 5.41) is 2.81. The second kappa shape index (κ2) is 6.83. The summed E-state index contributed by atoms with van der Waals surface area (Å²) in [6.45, 7) is 1.95. The molecule has 110 valence electrons. The van der Waals surface area contributed by atoms with Crippen LogP contribution in [0, 0.1) is 12.7 Å². The molecule has 0 fully saturated rings. The van der Waals surface area contributed by atoms with Gasteiger partial charge in [-0.3, -0.25) is 4.79 Å². The second-order valence-corrected chi connectivity index (χ2v) is 5.62. The van der Waals surface area contributed by atoms with E-state index in [0.717, 1.165) is 5.56 Å². The molecule has 1 unspecified atom stereocenters. The zero-order chi connectivity index (χ0) is 15.4. The summed E-state index contributed by atoms with van der Waals surface area (Å²) in [6.07, 6.45) is 0. The predicted molar refractivity (Wildman–Crippen MR) is 85.7 cm³/mol. The van der Waals surface area contributed by atoms with E-state index in [1.807, 2.05) is 30.3 Å². The largest absolute Gasteiger partial charge is 0.329 e. The Morgan fingerprint density at radius 1 is 1.33 bits per heavy atom. The van der Waals surface area contributed by atoms with Gasteiger partial charge in [-0.25, -0.2) is 4.39 Å². The lowest BCUT2D eigenvalue weighted by Gasteiger charge is -2.16. The molecule has 2 aromatic carbocycles. The van der Waals surface area contributed by atoms with E-state index in [1.54, 1.807) is 13.0 Å². The molecule has 0 radical (unpaired) electrons. The SMILES string of the molecule is Cc1cc(F)c(Br)cc1NC(=O)C(CN)c1ccccc1. The van der Waals surface area contributed by atoms with Crippen molar-refractivity contribution in [1.82, 2.24) is 0 Å². The number of nitrogens with one attached hydrogen (secondary N) is 1. The predicted octanol–water partition coefficient (Wildman–Crippen LogP) is 3.58. The fourth-order valence-electron chi connectivity index (χ4n) is 2.08. The highest BCUT2D eigenvalue weighted by Crippen LogP contribution is 2.25. The lowest BCUT2D eigenvalue weighted by atomic mass is 9.98. The van der Waals surface area contributed by atoms with Gasteiger partial charge >= 0.3 is 0 Å². The summed E-state index contributed by atoms with van der Waals surface area (Å²) in [5.41, 5.74) is 7.81. The Morgan fingerprint density at radius 3 is 2.62 bits per heavy atom. The van der Waals surface area contributed by atoms with Gasteiger partial charge in [0.2, 0.25) is 5.91 Å². The van der Waals surface area contributed by atoms with Gasteiger partial charge in [-0.05, 0) is 46.1 Å². The molecule has 1 amide bonds. The molecule has 2 rings (SSSR count). The van der Waals surface area contributed by atoms with Crippen molar-refractivity contribution < 1.29 is 9.18 Å². The van der Waals surface area contributed by atoms with E-state index in [-0.39, 0.29) is 18.3 Å². The van der Waals surface area contributed by atoms with Crippen LogP contribution in [0.5, 0.6) is 0 Å². The Kier molecular flexibility index (Phi) is 5.09. The molecule has 0 saturated heterocycles. The van der Waals surface area contributed by atoms with Crippen molar-refractivity contribution in [2.45, 2.75) is 12.8 Å². The first kappa shape index (κ1) is 15.7. The highest BCUT2D eigenvalue weighted by molar-refractivity contribution is 9.10. The molecular weight excluding hydrogens is 335 g/mol. The molecule has 3 nitrogen and oxygen atoms in total.